The Labute approximate surface area is 199 Å². The maximum Gasteiger partial charge on any atom is 0.258 e. The van der Waals surface area contributed by atoms with E-state index in [4.69, 9.17) is 24.4 Å². The van der Waals surface area contributed by atoms with E-state index in [1.54, 1.807) is 12.2 Å². The van der Waals surface area contributed by atoms with Gasteiger partial charge in [-0.05, 0) is 0 Å². The summed E-state index contributed by atoms with van der Waals surface area (Å²) < 4.78 is 0.237. The predicted molar refractivity (Wildman–Crippen MR) is 118 cm³/mol. The number of hydrogen-bond acceptors (Lipinski definition) is 10. The summed E-state index contributed by atoms with van der Waals surface area (Å²) in [4.78, 5) is 78.0. The molecule has 0 spiro atoms. The molecule has 0 aromatic carbocycles. The lowest BCUT2D eigenvalue weighted by Crippen LogP contribution is -2.50. The van der Waals surface area contributed by atoms with Crippen LogP contribution in [0.15, 0.2) is 12.2 Å². The fraction of sp³-hybridized carbons (Fsp3) is 0.444. The molecule has 6 atom stereocenters. The van der Waals surface area contributed by atoms with Crippen molar-refractivity contribution in [3.63, 3.8) is 0 Å². The maximum absolute atomic E-state index is 13.3. The van der Waals surface area contributed by atoms with Crippen molar-refractivity contribution in [3.05, 3.63) is 12.2 Å². The van der Waals surface area contributed by atoms with Crippen molar-refractivity contribution in [3.8, 4) is 0 Å². The second kappa shape index (κ2) is 6.68. The van der Waals surface area contributed by atoms with Crippen LogP contribution in [0.3, 0.4) is 0 Å². The quantitative estimate of drug-likeness (QED) is 0.276. The Morgan fingerprint density at radius 3 is 1.16 bits per heavy atom. The SMILES string of the molecule is O=C1CSC(=S)N1N1C(=O)[C@@H]2C3C=CC([C@@H]2C1=O)[C@@H]1C(=O)N(N2C(=O)CSC2=S)C(=O)[C@@H]31. The molecule has 14 heteroatoms. The van der Waals surface area contributed by atoms with E-state index in [1.807, 2.05) is 0 Å². The van der Waals surface area contributed by atoms with Crippen LogP contribution in [-0.4, -0.2) is 75.6 Å². The van der Waals surface area contributed by atoms with Crippen LogP contribution in [0.5, 0.6) is 0 Å². The average Bonchev–Trinajstić information content (AvgIpc) is 3.44. The van der Waals surface area contributed by atoms with Crippen molar-refractivity contribution < 1.29 is 28.8 Å². The number of imide groups is 2. The molecule has 6 amide bonds. The zero-order chi connectivity index (χ0) is 22.6. The van der Waals surface area contributed by atoms with Gasteiger partial charge in [0.1, 0.15) is 0 Å². The highest BCUT2D eigenvalue weighted by Crippen LogP contribution is 2.58. The zero-order valence-corrected chi connectivity index (χ0v) is 19.2. The molecule has 164 valence electrons. The third-order valence-corrected chi connectivity index (χ3v) is 9.50. The van der Waals surface area contributed by atoms with Crippen molar-refractivity contribution >= 4 is 92.0 Å². The summed E-state index contributed by atoms with van der Waals surface area (Å²) in [6.45, 7) is 0. The van der Waals surface area contributed by atoms with E-state index in [9.17, 15) is 28.8 Å². The number of thiocarbonyl (C=S) groups is 2. The zero-order valence-electron chi connectivity index (χ0n) is 15.9. The second-order valence-electron chi connectivity index (χ2n) is 8.14. The lowest BCUT2D eigenvalue weighted by molar-refractivity contribution is -0.160. The van der Waals surface area contributed by atoms with E-state index in [0.29, 0.717) is 0 Å². The molecule has 2 unspecified atom stereocenters. The number of rotatable bonds is 2. The summed E-state index contributed by atoms with van der Waals surface area (Å²) in [5.41, 5.74) is 0. The first-order valence-electron chi connectivity index (χ1n) is 9.67. The molecule has 3 aliphatic carbocycles. The number of hydrazine groups is 2. The highest BCUT2D eigenvalue weighted by molar-refractivity contribution is 8.24. The molecule has 4 saturated heterocycles. The molecule has 1 saturated carbocycles. The van der Waals surface area contributed by atoms with Gasteiger partial charge in [0.2, 0.25) is 0 Å². The summed E-state index contributed by atoms with van der Waals surface area (Å²) in [5, 5.41) is 3.48. The average molecular weight is 509 g/mol. The lowest BCUT2D eigenvalue weighted by Gasteiger charge is -2.44. The van der Waals surface area contributed by atoms with E-state index < -0.39 is 71.0 Å². The number of carbonyl (C=O) groups excluding carboxylic acids is 6. The number of allylic oxidation sites excluding steroid dienone is 2. The summed E-state index contributed by atoms with van der Waals surface area (Å²) in [5.74, 6) is -8.20. The third kappa shape index (κ3) is 2.33. The molecule has 32 heavy (non-hydrogen) atoms. The van der Waals surface area contributed by atoms with Gasteiger partial charge in [0.15, 0.2) is 8.64 Å². The number of hydrogen-bond donors (Lipinski definition) is 0. The molecule has 7 aliphatic rings. The normalized spacial score (nSPS) is 38.2. The number of amides is 6. The van der Waals surface area contributed by atoms with Crippen LogP contribution < -0.4 is 0 Å². The van der Waals surface area contributed by atoms with Crippen molar-refractivity contribution in [2.45, 2.75) is 0 Å². The minimum atomic E-state index is -0.882. The monoisotopic (exact) mass is 508 g/mol. The summed E-state index contributed by atoms with van der Waals surface area (Å²) in [6, 6.07) is 0. The van der Waals surface area contributed by atoms with Crippen LogP contribution >= 0.6 is 48.0 Å². The van der Waals surface area contributed by atoms with E-state index in [2.05, 4.69) is 0 Å². The van der Waals surface area contributed by atoms with Gasteiger partial charge >= 0.3 is 0 Å². The van der Waals surface area contributed by atoms with E-state index in [0.717, 1.165) is 43.6 Å². The van der Waals surface area contributed by atoms with Crippen molar-refractivity contribution in [2.75, 3.05) is 11.5 Å². The molecular formula is C18H12N4O6S4. The molecule has 2 bridgehead atoms. The van der Waals surface area contributed by atoms with Crippen LogP contribution in [0, 0.1) is 35.5 Å². The van der Waals surface area contributed by atoms with Gasteiger partial charge in [-0.25, -0.2) is 0 Å². The molecule has 0 N–H and O–H groups in total. The largest absolute Gasteiger partial charge is 0.272 e. The third-order valence-electron chi connectivity index (χ3n) is 6.82. The fourth-order valence-electron chi connectivity index (χ4n) is 5.67. The Kier molecular flexibility index (Phi) is 4.27. The smallest absolute Gasteiger partial charge is 0.258 e. The Balaban J connectivity index is 1.39. The van der Waals surface area contributed by atoms with Crippen LogP contribution in [0.1, 0.15) is 0 Å². The number of carbonyl (C=O) groups is 6. The Hall–Kier alpha value is -2.16. The topological polar surface area (TPSA) is 115 Å². The van der Waals surface area contributed by atoms with Gasteiger partial charge in [-0.1, -0.05) is 60.1 Å². The molecule has 7 rings (SSSR count). The molecule has 5 fully saturated rings. The fourth-order valence-corrected chi connectivity index (χ4v) is 7.74. The summed E-state index contributed by atoms with van der Waals surface area (Å²) in [6.07, 6.45) is 3.40. The van der Waals surface area contributed by atoms with Gasteiger partial charge in [-0.15, -0.1) is 0 Å². The lowest BCUT2D eigenvalue weighted by atomic mass is 9.54. The van der Waals surface area contributed by atoms with E-state index >= 15 is 0 Å². The molecule has 4 heterocycles. The van der Waals surface area contributed by atoms with Gasteiger partial charge in [-0.3, -0.25) is 28.8 Å². The van der Waals surface area contributed by atoms with Crippen LogP contribution in [0.25, 0.3) is 0 Å². The highest BCUT2D eigenvalue weighted by atomic mass is 32.2. The Morgan fingerprint density at radius 2 is 0.906 bits per heavy atom. The summed E-state index contributed by atoms with van der Waals surface area (Å²) in [7, 11) is 0. The molecule has 10 nitrogen and oxygen atoms in total. The molecule has 0 aromatic heterocycles. The van der Waals surface area contributed by atoms with E-state index in [-0.39, 0.29) is 20.1 Å². The van der Waals surface area contributed by atoms with Gasteiger partial charge in [0, 0.05) is 11.8 Å². The summed E-state index contributed by atoms with van der Waals surface area (Å²) >= 11 is 12.4. The van der Waals surface area contributed by atoms with Crippen LogP contribution in [-0.2, 0) is 28.8 Å². The van der Waals surface area contributed by atoms with Crippen molar-refractivity contribution in [2.24, 2.45) is 35.5 Å². The van der Waals surface area contributed by atoms with Crippen LogP contribution in [0.4, 0.5) is 0 Å². The first-order valence-corrected chi connectivity index (χ1v) is 12.5. The maximum atomic E-state index is 13.3. The second-order valence-corrected chi connectivity index (χ2v) is 11.4. The van der Waals surface area contributed by atoms with Gasteiger partial charge in [-0.2, -0.15) is 20.0 Å². The van der Waals surface area contributed by atoms with Crippen molar-refractivity contribution in [1.82, 2.24) is 20.0 Å². The number of nitrogens with zero attached hydrogens (tertiary/aromatic N) is 4. The Morgan fingerprint density at radius 1 is 0.594 bits per heavy atom. The van der Waals surface area contributed by atoms with Crippen LogP contribution in [0.2, 0.25) is 0 Å². The molecule has 0 radical (unpaired) electrons. The molecule has 4 aliphatic heterocycles. The van der Waals surface area contributed by atoms with E-state index in [1.165, 1.54) is 0 Å². The minimum Gasteiger partial charge on any atom is -0.272 e. The first kappa shape index (κ1) is 20.4. The minimum absolute atomic E-state index is 0.0370. The molecule has 0 aromatic rings. The standard InChI is InChI=1S/C18H12N4O6S4/c23-7-3-31-17(29)19(7)21-13(25)9-5-1-2-6(11(9)15(21)27)12-10(5)14(26)22(16(12)28)20-8(24)4-32-18(20)30/h1-2,5-6,9-12H,3-4H2/t5?,6?,9-,10-,11-,12+/m0/s1. The highest BCUT2D eigenvalue weighted by Gasteiger charge is 2.70. The van der Waals surface area contributed by atoms with Gasteiger partial charge in [0.25, 0.3) is 35.4 Å². The first-order chi connectivity index (χ1) is 15.2. The molecular weight excluding hydrogens is 496 g/mol. The number of thioether (sulfide) groups is 2. The van der Waals surface area contributed by atoms with Gasteiger partial charge in [0.05, 0.1) is 35.2 Å². The predicted octanol–water partition coefficient (Wildman–Crippen LogP) is -0.445. The van der Waals surface area contributed by atoms with Crippen molar-refractivity contribution in [1.29, 1.82) is 0 Å². The van der Waals surface area contributed by atoms with Gasteiger partial charge < -0.3 is 0 Å². The Bertz CT molecular complexity index is 977.